The molecule has 20 heavy (non-hydrogen) atoms. The van der Waals surface area contributed by atoms with Crippen LogP contribution >= 0.6 is 11.6 Å². The number of furan rings is 1. The van der Waals surface area contributed by atoms with Crippen LogP contribution in [0.4, 0.5) is 5.69 Å². The van der Waals surface area contributed by atoms with E-state index in [4.69, 9.17) is 25.5 Å². The monoisotopic (exact) mass is 295 g/mol. The maximum absolute atomic E-state index is 6.17. The van der Waals surface area contributed by atoms with E-state index in [-0.39, 0.29) is 6.04 Å². The molecule has 1 aromatic carbocycles. The van der Waals surface area contributed by atoms with Gasteiger partial charge in [0.05, 0.1) is 37.2 Å². The van der Waals surface area contributed by atoms with Crippen molar-refractivity contribution in [2.24, 2.45) is 0 Å². The first-order valence-electron chi connectivity index (χ1n) is 6.41. The van der Waals surface area contributed by atoms with E-state index in [0.717, 1.165) is 17.9 Å². The normalized spacial score (nSPS) is 12.0. The smallest absolute Gasteiger partial charge is 0.145 e. The molecule has 0 spiro atoms. The Morgan fingerprint density at radius 3 is 2.55 bits per heavy atom. The quantitative estimate of drug-likeness (QED) is 0.851. The van der Waals surface area contributed by atoms with E-state index < -0.39 is 0 Å². The number of hydrogen-bond acceptors (Lipinski definition) is 4. The summed E-state index contributed by atoms with van der Waals surface area (Å²) in [6, 6.07) is 7.43. The van der Waals surface area contributed by atoms with Crippen molar-refractivity contribution in [1.29, 1.82) is 0 Å². The predicted octanol–water partition coefficient (Wildman–Crippen LogP) is 4.51. The van der Waals surface area contributed by atoms with Gasteiger partial charge in [0.15, 0.2) is 0 Å². The van der Waals surface area contributed by atoms with Gasteiger partial charge in [-0.15, -0.1) is 0 Å². The fourth-order valence-electron chi connectivity index (χ4n) is 2.02. The first-order chi connectivity index (χ1) is 9.69. The van der Waals surface area contributed by atoms with E-state index in [9.17, 15) is 0 Å². The highest BCUT2D eigenvalue weighted by molar-refractivity contribution is 6.32. The van der Waals surface area contributed by atoms with Crippen LogP contribution in [0.1, 0.15) is 25.1 Å². The molecule has 0 fully saturated rings. The van der Waals surface area contributed by atoms with Gasteiger partial charge in [0.1, 0.15) is 17.3 Å². The van der Waals surface area contributed by atoms with Gasteiger partial charge in [-0.05, 0) is 24.6 Å². The molecule has 0 aliphatic rings. The highest BCUT2D eigenvalue weighted by atomic mass is 35.5. The van der Waals surface area contributed by atoms with Gasteiger partial charge >= 0.3 is 0 Å². The van der Waals surface area contributed by atoms with Crippen LogP contribution in [-0.4, -0.2) is 14.2 Å². The second-order valence-electron chi connectivity index (χ2n) is 4.31. The molecule has 1 N–H and O–H groups in total. The summed E-state index contributed by atoms with van der Waals surface area (Å²) in [5.41, 5.74) is 0.807. The SMILES string of the molecule is CCC(Nc1cc(Cl)c(OC)cc1OC)c1ccco1. The van der Waals surface area contributed by atoms with E-state index in [2.05, 4.69) is 12.2 Å². The number of benzene rings is 1. The van der Waals surface area contributed by atoms with Crippen molar-refractivity contribution in [2.75, 3.05) is 19.5 Å². The van der Waals surface area contributed by atoms with Crippen LogP contribution in [0, 0.1) is 0 Å². The summed E-state index contributed by atoms with van der Waals surface area (Å²) in [4.78, 5) is 0. The molecule has 1 unspecified atom stereocenters. The van der Waals surface area contributed by atoms with Gasteiger partial charge < -0.3 is 19.2 Å². The van der Waals surface area contributed by atoms with Gasteiger partial charge in [-0.25, -0.2) is 0 Å². The molecular formula is C15H18ClNO3. The van der Waals surface area contributed by atoms with Gasteiger partial charge in [-0.2, -0.15) is 0 Å². The van der Waals surface area contributed by atoms with E-state index in [1.807, 2.05) is 12.1 Å². The number of methoxy groups -OCH3 is 2. The molecule has 2 aromatic rings. The number of anilines is 1. The summed E-state index contributed by atoms with van der Waals surface area (Å²) in [5, 5.41) is 3.92. The molecule has 0 aliphatic heterocycles. The first kappa shape index (κ1) is 14.6. The lowest BCUT2D eigenvalue weighted by Crippen LogP contribution is -2.09. The summed E-state index contributed by atoms with van der Waals surface area (Å²) < 4.78 is 16.0. The summed E-state index contributed by atoms with van der Waals surface area (Å²) in [6.07, 6.45) is 2.54. The molecule has 0 amide bonds. The standard InChI is InChI=1S/C15H18ClNO3/c1-4-11(13-6-5-7-20-13)17-12-8-10(16)14(18-2)9-15(12)19-3/h5-9,11,17H,4H2,1-3H3. The van der Waals surface area contributed by atoms with E-state index in [0.29, 0.717) is 16.5 Å². The molecule has 108 valence electrons. The Bertz CT molecular complexity index is 554. The minimum atomic E-state index is 0.0587. The molecule has 0 aliphatic carbocycles. The minimum Gasteiger partial charge on any atom is -0.495 e. The van der Waals surface area contributed by atoms with Crippen LogP contribution in [0.3, 0.4) is 0 Å². The maximum Gasteiger partial charge on any atom is 0.145 e. The maximum atomic E-state index is 6.17. The lowest BCUT2D eigenvalue weighted by Gasteiger charge is -2.19. The van der Waals surface area contributed by atoms with E-state index in [1.54, 1.807) is 32.6 Å². The number of ether oxygens (including phenoxy) is 2. The molecule has 1 heterocycles. The Kier molecular flexibility index (Phi) is 4.79. The summed E-state index contributed by atoms with van der Waals surface area (Å²) in [7, 11) is 3.19. The zero-order valence-corrected chi connectivity index (χ0v) is 12.5. The largest absolute Gasteiger partial charge is 0.495 e. The molecule has 2 rings (SSSR count). The Hall–Kier alpha value is -1.81. The number of halogens is 1. The van der Waals surface area contributed by atoms with E-state index in [1.165, 1.54) is 0 Å². The van der Waals surface area contributed by atoms with Gasteiger partial charge in [0, 0.05) is 6.07 Å². The van der Waals surface area contributed by atoms with Crippen LogP contribution < -0.4 is 14.8 Å². The van der Waals surface area contributed by atoms with Crippen molar-refractivity contribution in [3.63, 3.8) is 0 Å². The van der Waals surface area contributed by atoms with E-state index >= 15 is 0 Å². The molecule has 0 bridgehead atoms. The second kappa shape index (κ2) is 6.57. The zero-order chi connectivity index (χ0) is 14.5. The fourth-order valence-corrected chi connectivity index (χ4v) is 2.27. The average molecular weight is 296 g/mol. The second-order valence-corrected chi connectivity index (χ2v) is 4.71. The summed E-state index contributed by atoms with van der Waals surface area (Å²) in [6.45, 7) is 2.08. The van der Waals surface area contributed by atoms with Crippen molar-refractivity contribution in [3.8, 4) is 11.5 Å². The Balaban J connectivity index is 2.30. The summed E-state index contributed by atoms with van der Waals surface area (Å²) >= 11 is 6.17. The number of rotatable bonds is 6. The van der Waals surface area contributed by atoms with Gasteiger partial charge in [0.25, 0.3) is 0 Å². The van der Waals surface area contributed by atoms with Crippen molar-refractivity contribution in [3.05, 3.63) is 41.3 Å². The van der Waals surface area contributed by atoms with Gasteiger partial charge in [-0.1, -0.05) is 18.5 Å². The molecular weight excluding hydrogens is 278 g/mol. The third kappa shape index (κ3) is 3.02. The lowest BCUT2D eigenvalue weighted by molar-refractivity contribution is 0.394. The minimum absolute atomic E-state index is 0.0587. The predicted molar refractivity (Wildman–Crippen MR) is 79.9 cm³/mol. The lowest BCUT2D eigenvalue weighted by atomic mass is 10.1. The fraction of sp³-hybridized carbons (Fsp3) is 0.333. The Labute approximate surface area is 123 Å². The molecule has 4 nitrogen and oxygen atoms in total. The van der Waals surface area contributed by atoms with Crippen LogP contribution in [-0.2, 0) is 0 Å². The van der Waals surface area contributed by atoms with Crippen LogP contribution in [0.2, 0.25) is 5.02 Å². The molecule has 1 aromatic heterocycles. The highest BCUT2D eigenvalue weighted by Crippen LogP contribution is 2.37. The Morgan fingerprint density at radius 1 is 1.25 bits per heavy atom. The van der Waals surface area contributed by atoms with Crippen LogP contribution in [0.5, 0.6) is 11.5 Å². The number of nitrogens with one attached hydrogen (secondary N) is 1. The third-order valence-electron chi connectivity index (χ3n) is 3.10. The average Bonchev–Trinajstić information content (AvgIpc) is 2.99. The number of hydrogen-bond donors (Lipinski definition) is 1. The van der Waals surface area contributed by atoms with Gasteiger partial charge in [-0.3, -0.25) is 0 Å². The zero-order valence-electron chi connectivity index (χ0n) is 11.8. The molecule has 1 atom stereocenters. The van der Waals surface area contributed by atoms with Crippen molar-refractivity contribution in [1.82, 2.24) is 0 Å². The molecule has 0 saturated carbocycles. The van der Waals surface area contributed by atoms with Crippen LogP contribution in [0.15, 0.2) is 34.9 Å². The summed E-state index contributed by atoms with van der Waals surface area (Å²) in [5.74, 6) is 2.14. The van der Waals surface area contributed by atoms with Crippen LogP contribution in [0.25, 0.3) is 0 Å². The van der Waals surface area contributed by atoms with Crippen molar-refractivity contribution < 1.29 is 13.9 Å². The molecule has 5 heteroatoms. The topological polar surface area (TPSA) is 43.6 Å². The first-order valence-corrected chi connectivity index (χ1v) is 6.78. The van der Waals surface area contributed by atoms with Crippen molar-refractivity contribution in [2.45, 2.75) is 19.4 Å². The van der Waals surface area contributed by atoms with Gasteiger partial charge in [0.2, 0.25) is 0 Å². The highest BCUT2D eigenvalue weighted by Gasteiger charge is 2.16. The Morgan fingerprint density at radius 2 is 2.00 bits per heavy atom. The molecule has 0 saturated heterocycles. The molecule has 0 radical (unpaired) electrons. The third-order valence-corrected chi connectivity index (χ3v) is 3.39. The van der Waals surface area contributed by atoms with Crippen molar-refractivity contribution >= 4 is 17.3 Å².